The van der Waals surface area contributed by atoms with Gasteiger partial charge in [-0.1, -0.05) is 56.3 Å². The summed E-state index contributed by atoms with van der Waals surface area (Å²) in [4.78, 5) is 50.4. The van der Waals surface area contributed by atoms with Crippen molar-refractivity contribution in [2.45, 2.75) is 56.9 Å². The third kappa shape index (κ3) is 9.39. The van der Waals surface area contributed by atoms with Gasteiger partial charge in [-0.3, -0.25) is 9.59 Å². The summed E-state index contributed by atoms with van der Waals surface area (Å²) < 4.78 is 18.9. The Balaban J connectivity index is 1.93. The first-order valence-electron chi connectivity index (χ1n) is 14.6. The Hall–Kier alpha value is -3.73. The van der Waals surface area contributed by atoms with Gasteiger partial charge in [-0.15, -0.1) is 5.43 Å². The summed E-state index contributed by atoms with van der Waals surface area (Å²) in [6, 6.07) is 15.7. The molecule has 4 atom stereocenters. The maximum atomic E-state index is 13.5. The molecule has 0 aliphatic rings. The number of para-hydroxylation sites is 1. The van der Waals surface area contributed by atoms with Crippen LogP contribution in [0.4, 0.5) is 0 Å². The molecule has 1 aromatic heterocycles. The highest BCUT2D eigenvalue weighted by Crippen LogP contribution is 2.38. The summed E-state index contributed by atoms with van der Waals surface area (Å²) >= 11 is 1.11. The molecule has 0 saturated heterocycles. The molecular formula is C32H41N3O8PS+. The molecular weight excluding hydrogens is 617 g/mol. The molecule has 242 valence electrons. The molecule has 11 nitrogen and oxygen atoms in total. The molecule has 3 aromatic rings. The van der Waals surface area contributed by atoms with Gasteiger partial charge >= 0.3 is 17.8 Å². The number of methoxy groups -OCH3 is 1. The number of carboxylic acid groups (broad SMARTS) is 1. The number of nitrogens with one attached hydrogen (secondary N) is 2. The lowest BCUT2D eigenvalue weighted by Gasteiger charge is -2.32. The van der Waals surface area contributed by atoms with Crippen molar-refractivity contribution in [3.8, 4) is 0 Å². The van der Waals surface area contributed by atoms with Crippen LogP contribution in [0.5, 0.6) is 0 Å². The van der Waals surface area contributed by atoms with Crippen LogP contribution in [0.15, 0.2) is 65.7 Å². The lowest BCUT2D eigenvalue weighted by Crippen LogP contribution is -2.52. The number of aromatic nitrogens is 1. The second-order valence-corrected chi connectivity index (χ2v) is 13.9. The molecule has 45 heavy (non-hydrogen) atoms. The van der Waals surface area contributed by atoms with E-state index in [1.54, 1.807) is 16.8 Å². The zero-order valence-electron chi connectivity index (χ0n) is 26.0. The topological polar surface area (TPSA) is 163 Å². The summed E-state index contributed by atoms with van der Waals surface area (Å²) in [5.41, 5.74) is 4.09. The maximum Gasteiger partial charge on any atom is 0.337 e. The van der Waals surface area contributed by atoms with E-state index < -0.39 is 49.5 Å². The minimum Gasteiger partial charge on any atom is -0.480 e. The van der Waals surface area contributed by atoms with Gasteiger partial charge in [0, 0.05) is 28.8 Å². The molecule has 2 amide bonds. The Kier molecular flexibility index (Phi) is 12.7. The average Bonchev–Trinajstić information content (AvgIpc) is 3.01. The van der Waals surface area contributed by atoms with Crippen molar-refractivity contribution in [2.24, 2.45) is 17.8 Å². The fourth-order valence-corrected chi connectivity index (χ4v) is 6.83. The molecule has 0 fully saturated rings. The van der Waals surface area contributed by atoms with E-state index in [-0.39, 0.29) is 36.0 Å². The van der Waals surface area contributed by atoms with Gasteiger partial charge in [-0.05, 0) is 61.1 Å². The summed E-state index contributed by atoms with van der Waals surface area (Å²) in [6.07, 6.45) is 0.386. The molecule has 0 saturated carbocycles. The first-order valence-corrected chi connectivity index (χ1v) is 16.6. The number of carbonyl (C=O) groups excluding carboxylic acids is 3. The van der Waals surface area contributed by atoms with E-state index in [9.17, 15) is 34.0 Å². The lowest BCUT2D eigenvalue weighted by atomic mass is 9.90. The minimum absolute atomic E-state index is 0.00105. The summed E-state index contributed by atoms with van der Waals surface area (Å²) in [5.74, 6) is -4.21. The van der Waals surface area contributed by atoms with Crippen LogP contribution in [0.25, 0.3) is 10.9 Å². The van der Waals surface area contributed by atoms with E-state index in [0.717, 1.165) is 17.1 Å². The molecule has 0 bridgehead atoms. The fourth-order valence-electron chi connectivity index (χ4n) is 4.84. The first kappa shape index (κ1) is 35.7. The Morgan fingerprint density at radius 1 is 0.933 bits per heavy atom. The Morgan fingerprint density at radius 2 is 1.56 bits per heavy atom. The van der Waals surface area contributed by atoms with E-state index in [1.807, 2.05) is 52.0 Å². The highest BCUT2D eigenvalue weighted by Gasteiger charge is 2.43. The number of ether oxygens (including phenoxy) is 1. The van der Waals surface area contributed by atoms with Crippen LogP contribution in [0.3, 0.4) is 0 Å². The van der Waals surface area contributed by atoms with E-state index in [1.165, 1.54) is 31.4 Å². The number of rotatable bonds is 15. The number of aliphatic hydroxyl groups is 1. The highest BCUT2D eigenvalue weighted by atomic mass is 32.2. The molecule has 0 radical (unpaired) electrons. The minimum atomic E-state index is -1.95. The van der Waals surface area contributed by atoms with Crippen molar-refractivity contribution in [3.05, 3.63) is 71.8 Å². The van der Waals surface area contributed by atoms with Crippen LogP contribution in [0.2, 0.25) is 0 Å². The summed E-state index contributed by atoms with van der Waals surface area (Å²) in [6.45, 7) is 7.41. The van der Waals surface area contributed by atoms with Gasteiger partial charge in [-0.25, -0.2) is 9.59 Å². The number of aliphatic carboxylic acids is 1. The number of benzene rings is 2. The number of nitrogens with zero attached hydrogens (tertiary/aromatic N) is 1. The number of esters is 1. The van der Waals surface area contributed by atoms with E-state index in [0.29, 0.717) is 16.1 Å². The number of fused-ring (bicyclic) bond motifs is 1. The number of hydrogen-bond donors (Lipinski definition) is 4. The van der Waals surface area contributed by atoms with Crippen LogP contribution >= 0.6 is 20.2 Å². The summed E-state index contributed by atoms with van der Waals surface area (Å²) in [5, 5.41) is 23.3. The van der Waals surface area contributed by atoms with Gasteiger partial charge in [0.05, 0.1) is 27.1 Å². The van der Waals surface area contributed by atoms with Gasteiger partial charge in [-0.2, -0.15) is 0 Å². The predicted molar refractivity (Wildman–Crippen MR) is 174 cm³/mol. The van der Waals surface area contributed by atoms with Gasteiger partial charge in [0.15, 0.2) is 0 Å². The van der Waals surface area contributed by atoms with Crippen molar-refractivity contribution in [3.63, 3.8) is 0 Å². The number of amides is 2. The van der Waals surface area contributed by atoms with Crippen molar-refractivity contribution in [2.75, 3.05) is 18.3 Å². The number of thioether (sulfide) groups is 1. The normalized spacial score (nSPS) is 14.3. The zero-order valence-corrected chi connectivity index (χ0v) is 28.0. The molecule has 3 unspecified atom stereocenters. The third-order valence-electron chi connectivity index (χ3n) is 7.19. The molecule has 3 rings (SSSR count). The standard InChI is InChI=1S/C32H40N3O8PS/c1-19(2)16-24(29(37)33-25(30(38)39)17-20(3)4)32(41,44-42)18-45-27-15-14-21-8-6-7-9-26(21)35(27)34-28(36)22-10-12-23(13-11-22)31(40)43-5/h6-15,19-20,24-25,41H,16-18,44H2,1-5H3,(H2-,33,34,36,37,38,39)/p+1/t24?,25-,32?/m0/s1. The SMILES string of the molecule is COC(=O)c1ccc(C(=O)N[n+]2c(SCC(O)([PH2]=O)C(CC(C)C)C(=O)N[C@@H](CC(C)C)C(=O)O)ccc3ccccc32)cc1. The number of carboxylic acids is 1. The van der Waals surface area contributed by atoms with Crippen molar-refractivity contribution >= 4 is 54.9 Å². The highest BCUT2D eigenvalue weighted by molar-refractivity contribution is 7.99. The molecule has 0 aliphatic heterocycles. The average molecular weight is 659 g/mol. The molecule has 4 N–H and O–H groups in total. The quantitative estimate of drug-likeness (QED) is 0.0815. The Morgan fingerprint density at radius 3 is 2.13 bits per heavy atom. The largest absolute Gasteiger partial charge is 0.480 e. The number of carbonyl (C=O) groups is 4. The lowest BCUT2D eigenvalue weighted by molar-refractivity contribution is -0.653. The van der Waals surface area contributed by atoms with E-state index >= 15 is 0 Å². The van der Waals surface area contributed by atoms with Crippen LogP contribution in [0, 0.1) is 17.8 Å². The molecule has 1 heterocycles. The predicted octanol–water partition coefficient (Wildman–Crippen LogP) is 4.11. The van der Waals surface area contributed by atoms with E-state index in [2.05, 4.69) is 10.7 Å². The van der Waals surface area contributed by atoms with Gasteiger partial charge < -0.3 is 24.8 Å². The van der Waals surface area contributed by atoms with Crippen molar-refractivity contribution in [1.82, 2.24) is 5.32 Å². The third-order valence-corrected chi connectivity index (χ3v) is 9.72. The Labute approximate surface area is 267 Å². The molecule has 13 heteroatoms. The zero-order chi connectivity index (χ0) is 33.3. The molecule has 2 aromatic carbocycles. The maximum absolute atomic E-state index is 13.5. The van der Waals surface area contributed by atoms with Crippen molar-refractivity contribution < 1.29 is 43.4 Å². The second-order valence-electron chi connectivity index (χ2n) is 11.7. The van der Waals surface area contributed by atoms with Crippen molar-refractivity contribution in [1.29, 1.82) is 0 Å². The van der Waals surface area contributed by atoms with Gasteiger partial charge in [0.1, 0.15) is 11.4 Å². The van der Waals surface area contributed by atoms with E-state index in [4.69, 9.17) is 4.74 Å². The number of pyridine rings is 1. The monoisotopic (exact) mass is 658 g/mol. The fraction of sp³-hybridized carbons (Fsp3) is 0.406. The number of hydrogen-bond acceptors (Lipinski definition) is 8. The van der Waals surface area contributed by atoms with Gasteiger partial charge in [0.2, 0.25) is 11.4 Å². The second kappa shape index (κ2) is 16.0. The smallest absolute Gasteiger partial charge is 0.337 e. The van der Waals surface area contributed by atoms with Crippen LogP contribution < -0.4 is 15.4 Å². The molecule has 0 aliphatic carbocycles. The first-order chi connectivity index (χ1) is 21.3. The van der Waals surface area contributed by atoms with Gasteiger partial charge in [0.25, 0.3) is 5.03 Å². The molecule has 0 spiro atoms. The van der Waals surface area contributed by atoms with Crippen LogP contribution in [0.1, 0.15) is 61.3 Å². The Bertz CT molecular complexity index is 1550. The van der Waals surface area contributed by atoms with Crippen LogP contribution in [-0.4, -0.2) is 58.2 Å². The summed E-state index contributed by atoms with van der Waals surface area (Å²) in [7, 11) is -0.619. The van der Waals surface area contributed by atoms with Crippen LogP contribution in [-0.2, 0) is 18.9 Å².